The summed E-state index contributed by atoms with van der Waals surface area (Å²) in [5.74, 6) is 0. The summed E-state index contributed by atoms with van der Waals surface area (Å²) in [4.78, 5) is 26.7. The van der Waals surface area contributed by atoms with Crippen LogP contribution in [0, 0.1) is 0 Å². The number of nitrogens with zero attached hydrogens (tertiary/aromatic N) is 3. The fourth-order valence-electron chi connectivity index (χ4n) is 3.75. The fraction of sp³-hybridized carbons (Fsp3) is 0.706. The van der Waals surface area contributed by atoms with E-state index in [1.54, 1.807) is 11.0 Å². The number of amides is 2. The molecule has 3 aliphatic rings. The molecule has 25 heavy (non-hydrogen) atoms. The molecule has 0 bridgehead atoms. The molecule has 4 rings (SSSR count). The Kier molecular flexibility index (Phi) is 4.72. The number of aryl methyl sites for hydroxylation is 2. The highest BCUT2D eigenvalue weighted by atomic mass is 16.5. The van der Waals surface area contributed by atoms with Crippen LogP contribution in [0.15, 0.2) is 10.9 Å². The van der Waals surface area contributed by atoms with E-state index in [0.717, 1.165) is 36.9 Å². The number of hydrogen-bond acceptors (Lipinski definition) is 5. The highest BCUT2D eigenvalue weighted by Gasteiger charge is 2.34. The molecule has 0 spiro atoms. The van der Waals surface area contributed by atoms with Gasteiger partial charge in [0.1, 0.15) is 6.04 Å². The van der Waals surface area contributed by atoms with Gasteiger partial charge in [0.25, 0.3) is 5.56 Å². The van der Waals surface area contributed by atoms with Crippen LogP contribution in [0.25, 0.3) is 0 Å². The number of fused-ring (bicyclic) bond motifs is 1. The number of urea groups is 1. The Morgan fingerprint density at radius 1 is 1.16 bits per heavy atom. The summed E-state index contributed by atoms with van der Waals surface area (Å²) in [7, 11) is 0. The van der Waals surface area contributed by atoms with Gasteiger partial charge >= 0.3 is 6.03 Å². The summed E-state index contributed by atoms with van der Waals surface area (Å²) in [6.45, 7) is 3.07. The van der Waals surface area contributed by atoms with Crippen molar-refractivity contribution in [1.82, 2.24) is 20.0 Å². The molecule has 3 heterocycles. The number of ether oxygens (including phenoxy) is 2. The second-order valence-corrected chi connectivity index (χ2v) is 6.87. The van der Waals surface area contributed by atoms with Crippen LogP contribution < -0.4 is 10.9 Å². The van der Waals surface area contributed by atoms with Crippen LogP contribution in [0.3, 0.4) is 0 Å². The zero-order valence-electron chi connectivity index (χ0n) is 14.3. The first-order valence-corrected chi connectivity index (χ1v) is 9.05. The topological polar surface area (TPSA) is 85.7 Å². The summed E-state index contributed by atoms with van der Waals surface area (Å²) in [5, 5.41) is 7.62. The van der Waals surface area contributed by atoms with Gasteiger partial charge in [-0.1, -0.05) is 0 Å². The van der Waals surface area contributed by atoms with Gasteiger partial charge in [-0.2, -0.15) is 5.10 Å². The van der Waals surface area contributed by atoms with E-state index >= 15 is 0 Å². The summed E-state index contributed by atoms with van der Waals surface area (Å²) in [5.41, 5.74) is 1.97. The monoisotopic (exact) mass is 348 g/mol. The van der Waals surface area contributed by atoms with Crippen molar-refractivity contribution in [2.24, 2.45) is 0 Å². The van der Waals surface area contributed by atoms with Gasteiger partial charge in [0.2, 0.25) is 0 Å². The molecule has 1 N–H and O–H groups in total. The van der Waals surface area contributed by atoms with E-state index in [4.69, 9.17) is 9.47 Å². The van der Waals surface area contributed by atoms with E-state index in [2.05, 4.69) is 10.4 Å². The standard InChI is InChI=1S/C17H24N4O4/c22-16-9-12-3-1-2-4-13(12)19-21(16)15-11-25-10-14(15)18-17(23)20-5-7-24-8-6-20/h9,14-15H,1-8,10-11H2,(H,18,23). The van der Waals surface area contributed by atoms with Crippen LogP contribution in [0.5, 0.6) is 0 Å². The van der Waals surface area contributed by atoms with Crippen molar-refractivity contribution in [3.05, 3.63) is 27.7 Å². The lowest BCUT2D eigenvalue weighted by molar-refractivity contribution is 0.0521. The molecule has 0 saturated carbocycles. The van der Waals surface area contributed by atoms with Crippen LogP contribution in [0.2, 0.25) is 0 Å². The molecule has 2 saturated heterocycles. The zero-order chi connectivity index (χ0) is 17.2. The van der Waals surface area contributed by atoms with Gasteiger partial charge in [-0.15, -0.1) is 0 Å². The van der Waals surface area contributed by atoms with Crippen molar-refractivity contribution in [2.45, 2.75) is 37.8 Å². The summed E-state index contributed by atoms with van der Waals surface area (Å²) in [6.07, 6.45) is 4.06. The highest BCUT2D eigenvalue weighted by Crippen LogP contribution is 2.21. The zero-order valence-corrected chi connectivity index (χ0v) is 14.3. The predicted molar refractivity (Wildman–Crippen MR) is 89.7 cm³/mol. The number of rotatable bonds is 2. The van der Waals surface area contributed by atoms with Crippen LogP contribution in [-0.2, 0) is 22.3 Å². The molecule has 1 aromatic heterocycles. The minimum Gasteiger partial charge on any atom is -0.378 e. The molecule has 1 aromatic rings. The maximum absolute atomic E-state index is 12.5. The minimum atomic E-state index is -0.260. The van der Waals surface area contributed by atoms with Crippen LogP contribution in [-0.4, -0.2) is 66.3 Å². The van der Waals surface area contributed by atoms with Gasteiger partial charge in [-0.05, 0) is 31.2 Å². The van der Waals surface area contributed by atoms with E-state index in [9.17, 15) is 9.59 Å². The Hall–Kier alpha value is -1.93. The van der Waals surface area contributed by atoms with Crippen molar-refractivity contribution in [2.75, 3.05) is 39.5 Å². The lowest BCUT2D eigenvalue weighted by Crippen LogP contribution is -2.52. The average molecular weight is 348 g/mol. The second-order valence-electron chi connectivity index (χ2n) is 6.87. The Morgan fingerprint density at radius 3 is 2.80 bits per heavy atom. The molecule has 0 aromatic carbocycles. The second kappa shape index (κ2) is 7.13. The molecule has 2 amide bonds. The molecule has 8 heteroatoms. The van der Waals surface area contributed by atoms with Crippen LogP contribution in [0.4, 0.5) is 4.79 Å². The molecule has 8 nitrogen and oxygen atoms in total. The SMILES string of the molecule is O=C(NC1COCC1n1nc2c(cc1=O)CCCC2)N1CCOCC1. The van der Waals surface area contributed by atoms with Crippen molar-refractivity contribution in [3.63, 3.8) is 0 Å². The predicted octanol–water partition coefficient (Wildman–Crippen LogP) is 0.104. The summed E-state index contributed by atoms with van der Waals surface area (Å²) in [6, 6.07) is 1.07. The summed E-state index contributed by atoms with van der Waals surface area (Å²) >= 11 is 0. The number of carbonyl (C=O) groups is 1. The van der Waals surface area contributed by atoms with E-state index in [-0.39, 0.29) is 23.7 Å². The third-order valence-corrected chi connectivity index (χ3v) is 5.20. The van der Waals surface area contributed by atoms with Crippen LogP contribution >= 0.6 is 0 Å². The maximum atomic E-state index is 12.5. The number of morpholine rings is 1. The van der Waals surface area contributed by atoms with Crippen molar-refractivity contribution < 1.29 is 14.3 Å². The van der Waals surface area contributed by atoms with E-state index in [0.29, 0.717) is 39.5 Å². The van der Waals surface area contributed by atoms with E-state index < -0.39 is 0 Å². The van der Waals surface area contributed by atoms with Gasteiger partial charge in [0, 0.05) is 19.2 Å². The maximum Gasteiger partial charge on any atom is 0.317 e. The summed E-state index contributed by atoms with van der Waals surface area (Å²) < 4.78 is 12.3. The van der Waals surface area contributed by atoms with Gasteiger partial charge in [-0.25, -0.2) is 9.48 Å². The first-order chi connectivity index (χ1) is 12.2. The Labute approximate surface area is 146 Å². The minimum absolute atomic E-state index is 0.109. The van der Waals surface area contributed by atoms with Crippen LogP contribution in [0.1, 0.15) is 30.1 Å². The fourth-order valence-corrected chi connectivity index (χ4v) is 3.75. The molecule has 2 atom stereocenters. The third-order valence-electron chi connectivity index (χ3n) is 5.20. The van der Waals surface area contributed by atoms with Gasteiger partial charge in [0.05, 0.1) is 38.2 Å². The van der Waals surface area contributed by atoms with Crippen molar-refractivity contribution in [1.29, 1.82) is 0 Å². The van der Waals surface area contributed by atoms with Crippen molar-refractivity contribution >= 4 is 6.03 Å². The molecule has 2 fully saturated rings. The number of carbonyl (C=O) groups excluding carboxylic acids is 1. The molecular formula is C17H24N4O4. The largest absolute Gasteiger partial charge is 0.378 e. The molecule has 2 aliphatic heterocycles. The first-order valence-electron chi connectivity index (χ1n) is 9.05. The van der Waals surface area contributed by atoms with Gasteiger partial charge < -0.3 is 19.7 Å². The number of aromatic nitrogens is 2. The van der Waals surface area contributed by atoms with E-state index in [1.807, 2.05) is 0 Å². The number of hydrogen-bond donors (Lipinski definition) is 1. The lowest BCUT2D eigenvalue weighted by Gasteiger charge is -2.29. The van der Waals surface area contributed by atoms with Gasteiger partial charge in [0.15, 0.2) is 0 Å². The average Bonchev–Trinajstić information content (AvgIpc) is 3.09. The Balaban J connectivity index is 1.51. The quantitative estimate of drug-likeness (QED) is 0.820. The first kappa shape index (κ1) is 16.5. The third kappa shape index (κ3) is 3.41. The lowest BCUT2D eigenvalue weighted by atomic mass is 9.97. The highest BCUT2D eigenvalue weighted by molar-refractivity contribution is 5.74. The Morgan fingerprint density at radius 2 is 1.96 bits per heavy atom. The normalized spacial score (nSPS) is 26.3. The molecule has 136 valence electrons. The number of nitrogens with one attached hydrogen (secondary N) is 1. The molecule has 2 unspecified atom stereocenters. The van der Waals surface area contributed by atoms with E-state index in [1.165, 1.54) is 4.68 Å². The Bertz CT molecular complexity index is 698. The molecular weight excluding hydrogens is 324 g/mol. The van der Waals surface area contributed by atoms with Gasteiger partial charge in [-0.3, -0.25) is 4.79 Å². The van der Waals surface area contributed by atoms with Crippen molar-refractivity contribution in [3.8, 4) is 0 Å². The smallest absolute Gasteiger partial charge is 0.317 e. The molecule has 1 aliphatic carbocycles. The molecule has 0 radical (unpaired) electrons.